The molecule has 0 radical (unpaired) electrons. The molecule has 1 aromatic rings. The third-order valence-corrected chi connectivity index (χ3v) is 4.26. The van der Waals surface area contributed by atoms with E-state index in [0.29, 0.717) is 6.42 Å². The van der Waals surface area contributed by atoms with Gasteiger partial charge in [0.15, 0.2) is 5.78 Å². The summed E-state index contributed by atoms with van der Waals surface area (Å²) in [5.74, 6) is 0.197. The predicted octanol–water partition coefficient (Wildman–Crippen LogP) is 2.75. The van der Waals surface area contributed by atoms with E-state index in [2.05, 4.69) is 12.2 Å². The number of benzene rings is 1. The van der Waals surface area contributed by atoms with Crippen molar-refractivity contribution < 1.29 is 9.53 Å². The summed E-state index contributed by atoms with van der Waals surface area (Å²) in [5, 5.41) is 3.31. The van der Waals surface area contributed by atoms with Crippen LogP contribution in [0, 0.1) is 0 Å². The predicted molar refractivity (Wildman–Crippen MR) is 79.0 cm³/mol. The summed E-state index contributed by atoms with van der Waals surface area (Å²) in [6, 6.07) is 7.82. The molecule has 3 nitrogen and oxygen atoms in total. The first-order valence-electron chi connectivity index (χ1n) is 6.65. The second kappa shape index (κ2) is 6.55. The molecule has 1 aromatic carbocycles. The molecular formula is C15H21NO2S. The van der Waals surface area contributed by atoms with Crippen LogP contribution in [-0.2, 0) is 4.74 Å². The van der Waals surface area contributed by atoms with Crippen LogP contribution in [0.2, 0.25) is 0 Å². The second-order valence-corrected chi connectivity index (χ2v) is 6.01. The average molecular weight is 279 g/mol. The molecule has 0 bridgehead atoms. The lowest BCUT2D eigenvalue weighted by molar-refractivity contribution is -0.0574. The van der Waals surface area contributed by atoms with Gasteiger partial charge < -0.3 is 10.1 Å². The molecule has 1 aliphatic heterocycles. The second-order valence-electron chi connectivity index (χ2n) is 5.13. The standard InChI is InChI=1S/C15H21NO2S/c1-15(11-16-9-10-18-15)8-7-14(17)12-3-5-13(19-2)6-4-12/h3-6,16H,7-11H2,1-2H3. The molecule has 104 valence electrons. The lowest BCUT2D eigenvalue weighted by atomic mass is 9.95. The Bertz CT molecular complexity index is 424. The van der Waals surface area contributed by atoms with Gasteiger partial charge in [-0.25, -0.2) is 0 Å². The number of thioether (sulfide) groups is 1. The van der Waals surface area contributed by atoms with Gasteiger partial charge in [0.1, 0.15) is 0 Å². The van der Waals surface area contributed by atoms with Crippen LogP contribution < -0.4 is 5.32 Å². The highest BCUT2D eigenvalue weighted by Gasteiger charge is 2.28. The van der Waals surface area contributed by atoms with Gasteiger partial charge in [0.25, 0.3) is 0 Å². The first-order chi connectivity index (χ1) is 9.13. The minimum atomic E-state index is -0.201. The van der Waals surface area contributed by atoms with E-state index in [0.717, 1.165) is 31.7 Å². The Kier molecular flexibility index (Phi) is 5.02. The number of rotatable bonds is 5. The number of carbonyl (C=O) groups is 1. The quantitative estimate of drug-likeness (QED) is 0.664. The summed E-state index contributed by atoms with van der Waals surface area (Å²) in [6.07, 6.45) is 3.34. The maximum atomic E-state index is 12.1. The van der Waals surface area contributed by atoms with Gasteiger partial charge in [0.05, 0.1) is 12.2 Å². The van der Waals surface area contributed by atoms with E-state index in [9.17, 15) is 4.79 Å². The summed E-state index contributed by atoms with van der Waals surface area (Å²) in [6.45, 7) is 4.53. The smallest absolute Gasteiger partial charge is 0.162 e. The zero-order valence-corrected chi connectivity index (χ0v) is 12.4. The first-order valence-corrected chi connectivity index (χ1v) is 7.87. The Hall–Kier alpha value is -0.840. The molecule has 1 unspecified atom stereocenters. The summed E-state index contributed by atoms with van der Waals surface area (Å²) in [5.41, 5.74) is 0.595. The maximum Gasteiger partial charge on any atom is 0.162 e. The van der Waals surface area contributed by atoms with Gasteiger partial charge in [0.2, 0.25) is 0 Å². The minimum Gasteiger partial charge on any atom is -0.373 e. The van der Waals surface area contributed by atoms with Crippen LogP contribution in [0.1, 0.15) is 30.1 Å². The van der Waals surface area contributed by atoms with Gasteiger partial charge in [-0.2, -0.15) is 0 Å². The largest absolute Gasteiger partial charge is 0.373 e. The molecule has 0 aliphatic carbocycles. The Morgan fingerprint density at radius 2 is 2.16 bits per heavy atom. The van der Waals surface area contributed by atoms with Crippen LogP contribution >= 0.6 is 11.8 Å². The third kappa shape index (κ3) is 4.06. The monoisotopic (exact) mass is 279 g/mol. The number of morpholine rings is 1. The molecule has 2 rings (SSSR count). The number of Topliss-reactive ketones (excluding diaryl/α,β-unsaturated/α-hetero) is 1. The van der Waals surface area contributed by atoms with Crippen molar-refractivity contribution in [2.45, 2.75) is 30.3 Å². The molecule has 1 heterocycles. The molecule has 0 amide bonds. The zero-order valence-electron chi connectivity index (χ0n) is 11.6. The minimum absolute atomic E-state index is 0.197. The first kappa shape index (κ1) is 14.6. The van der Waals surface area contributed by atoms with Crippen molar-refractivity contribution in [3.05, 3.63) is 29.8 Å². The Morgan fingerprint density at radius 3 is 2.74 bits per heavy atom. The fourth-order valence-electron chi connectivity index (χ4n) is 2.23. The van der Waals surface area contributed by atoms with Gasteiger partial charge >= 0.3 is 0 Å². The van der Waals surface area contributed by atoms with E-state index in [1.807, 2.05) is 30.5 Å². The summed E-state index contributed by atoms with van der Waals surface area (Å²) >= 11 is 1.69. The van der Waals surface area contributed by atoms with Gasteiger partial charge in [-0.3, -0.25) is 4.79 Å². The molecule has 4 heteroatoms. The van der Waals surface area contributed by atoms with Crippen molar-refractivity contribution in [1.82, 2.24) is 5.32 Å². The molecule has 1 fully saturated rings. The topological polar surface area (TPSA) is 38.3 Å². The molecular weight excluding hydrogens is 258 g/mol. The summed E-state index contributed by atoms with van der Waals surface area (Å²) in [7, 11) is 0. The van der Waals surface area contributed by atoms with Crippen LogP contribution in [0.25, 0.3) is 0 Å². The van der Waals surface area contributed by atoms with E-state index < -0.39 is 0 Å². The highest BCUT2D eigenvalue weighted by atomic mass is 32.2. The highest BCUT2D eigenvalue weighted by molar-refractivity contribution is 7.98. The number of hydrogen-bond donors (Lipinski definition) is 1. The van der Waals surface area contributed by atoms with E-state index in [1.165, 1.54) is 4.90 Å². The van der Waals surface area contributed by atoms with Crippen LogP contribution in [0.3, 0.4) is 0 Å². The highest BCUT2D eigenvalue weighted by Crippen LogP contribution is 2.21. The molecule has 0 aromatic heterocycles. The number of nitrogens with one attached hydrogen (secondary N) is 1. The van der Waals surface area contributed by atoms with E-state index in [-0.39, 0.29) is 11.4 Å². The van der Waals surface area contributed by atoms with Crippen molar-refractivity contribution in [2.75, 3.05) is 26.0 Å². The van der Waals surface area contributed by atoms with Crippen LogP contribution in [0.5, 0.6) is 0 Å². The van der Waals surface area contributed by atoms with Crippen LogP contribution in [-0.4, -0.2) is 37.3 Å². The van der Waals surface area contributed by atoms with Crippen molar-refractivity contribution in [3.63, 3.8) is 0 Å². The van der Waals surface area contributed by atoms with Gasteiger partial charge in [-0.05, 0) is 31.7 Å². The fourth-order valence-corrected chi connectivity index (χ4v) is 2.64. The molecule has 19 heavy (non-hydrogen) atoms. The average Bonchev–Trinajstić information content (AvgIpc) is 2.46. The molecule has 1 saturated heterocycles. The SMILES string of the molecule is CSc1ccc(C(=O)CCC2(C)CNCCO2)cc1. The van der Waals surface area contributed by atoms with E-state index in [1.54, 1.807) is 11.8 Å². The van der Waals surface area contributed by atoms with E-state index >= 15 is 0 Å². The molecule has 1 aliphatic rings. The number of ketones is 1. The van der Waals surface area contributed by atoms with Crippen molar-refractivity contribution in [1.29, 1.82) is 0 Å². The van der Waals surface area contributed by atoms with Crippen LogP contribution in [0.15, 0.2) is 29.2 Å². The Morgan fingerprint density at radius 1 is 1.42 bits per heavy atom. The fraction of sp³-hybridized carbons (Fsp3) is 0.533. The molecule has 1 N–H and O–H groups in total. The normalized spacial score (nSPS) is 23.3. The van der Waals surface area contributed by atoms with Crippen molar-refractivity contribution >= 4 is 17.5 Å². The Labute approximate surface area is 119 Å². The molecule has 0 spiro atoms. The van der Waals surface area contributed by atoms with Crippen molar-refractivity contribution in [2.24, 2.45) is 0 Å². The van der Waals surface area contributed by atoms with Gasteiger partial charge in [-0.15, -0.1) is 11.8 Å². The van der Waals surface area contributed by atoms with Crippen LogP contribution in [0.4, 0.5) is 0 Å². The number of carbonyl (C=O) groups excluding carboxylic acids is 1. The van der Waals surface area contributed by atoms with Crippen molar-refractivity contribution in [3.8, 4) is 0 Å². The molecule has 0 saturated carbocycles. The van der Waals surface area contributed by atoms with Gasteiger partial charge in [0, 0.05) is 30.0 Å². The lowest BCUT2D eigenvalue weighted by Crippen LogP contribution is -2.47. The third-order valence-electron chi connectivity index (χ3n) is 3.52. The lowest BCUT2D eigenvalue weighted by Gasteiger charge is -2.34. The molecule has 1 atom stereocenters. The summed E-state index contributed by atoms with van der Waals surface area (Å²) < 4.78 is 5.77. The zero-order chi connectivity index (χ0) is 13.7. The number of ether oxygens (including phenoxy) is 1. The maximum absolute atomic E-state index is 12.1. The van der Waals surface area contributed by atoms with E-state index in [4.69, 9.17) is 4.74 Å². The van der Waals surface area contributed by atoms with Gasteiger partial charge in [-0.1, -0.05) is 12.1 Å². The number of hydrogen-bond acceptors (Lipinski definition) is 4. The Balaban J connectivity index is 1.89. The summed E-state index contributed by atoms with van der Waals surface area (Å²) in [4.78, 5) is 13.3.